The Labute approximate surface area is 167 Å². The third-order valence-electron chi connectivity index (χ3n) is 4.57. The van der Waals surface area contributed by atoms with E-state index >= 15 is 0 Å². The summed E-state index contributed by atoms with van der Waals surface area (Å²) in [5, 5.41) is 0.0156. The first-order valence-corrected chi connectivity index (χ1v) is 10.3. The monoisotopic (exact) mass is 391 g/mol. The van der Waals surface area contributed by atoms with Crippen molar-refractivity contribution >= 4 is 29.0 Å². The van der Waals surface area contributed by atoms with Gasteiger partial charge in [0.05, 0.1) is 12.2 Å². The number of nitrogens with zero attached hydrogens (tertiary/aromatic N) is 1. The molecule has 0 aromatic heterocycles. The van der Waals surface area contributed by atoms with Gasteiger partial charge in [-0.25, -0.2) is 0 Å². The number of amides is 2. The summed E-state index contributed by atoms with van der Waals surface area (Å²) >= 11 is 6.21. The maximum absolute atomic E-state index is 12.7. The molecule has 0 N–H and O–H groups in total. The van der Waals surface area contributed by atoms with Gasteiger partial charge in [-0.3, -0.25) is 14.5 Å². The van der Waals surface area contributed by atoms with E-state index in [9.17, 15) is 9.59 Å². The standard InChI is InChI=1S/C22H30ClNO3/c1-4-5-6-7-8-9-14-24-21(25)19(20(23)22(24)26)17-10-12-18(13-11-17)27-15-16(2)3/h10-13,16H,4-9,14-15H2,1-3H3. The first-order valence-electron chi connectivity index (χ1n) is 9.94. The summed E-state index contributed by atoms with van der Waals surface area (Å²) in [6, 6.07) is 7.19. The zero-order valence-corrected chi connectivity index (χ0v) is 17.3. The summed E-state index contributed by atoms with van der Waals surface area (Å²) in [5.74, 6) is 0.496. The van der Waals surface area contributed by atoms with Crippen LogP contribution in [0.1, 0.15) is 64.9 Å². The molecule has 1 aliphatic heterocycles. The van der Waals surface area contributed by atoms with Gasteiger partial charge in [-0.1, -0.05) is 76.6 Å². The average Bonchev–Trinajstić information content (AvgIpc) is 2.86. The Bertz CT molecular complexity index is 679. The average molecular weight is 392 g/mol. The largest absolute Gasteiger partial charge is 0.493 e. The first kappa shape index (κ1) is 21.5. The van der Waals surface area contributed by atoms with Crippen molar-refractivity contribution < 1.29 is 14.3 Å². The second-order valence-electron chi connectivity index (χ2n) is 7.45. The lowest BCUT2D eigenvalue weighted by Crippen LogP contribution is -2.32. The van der Waals surface area contributed by atoms with Gasteiger partial charge in [0, 0.05) is 6.54 Å². The number of unbranched alkanes of at least 4 members (excludes halogenated alkanes) is 5. The Morgan fingerprint density at radius 3 is 2.22 bits per heavy atom. The summed E-state index contributed by atoms with van der Waals surface area (Å²) < 4.78 is 5.66. The number of halogens is 1. The molecule has 0 fully saturated rings. The lowest BCUT2D eigenvalue weighted by molar-refractivity contribution is -0.136. The lowest BCUT2D eigenvalue weighted by atomic mass is 10.1. The van der Waals surface area contributed by atoms with Crippen molar-refractivity contribution in [3.8, 4) is 5.75 Å². The molecule has 0 saturated carbocycles. The normalized spacial score (nSPS) is 14.6. The molecule has 148 valence electrons. The van der Waals surface area contributed by atoms with Gasteiger partial charge in [0.15, 0.2) is 0 Å². The van der Waals surface area contributed by atoms with Gasteiger partial charge in [0.1, 0.15) is 10.8 Å². The number of imide groups is 1. The number of benzene rings is 1. The lowest BCUT2D eigenvalue weighted by Gasteiger charge is -2.14. The van der Waals surface area contributed by atoms with Crippen molar-refractivity contribution in [2.75, 3.05) is 13.2 Å². The van der Waals surface area contributed by atoms with Crippen LogP contribution >= 0.6 is 11.6 Å². The topological polar surface area (TPSA) is 46.6 Å². The number of carbonyl (C=O) groups excluding carboxylic acids is 2. The predicted octanol–water partition coefficient (Wildman–Crippen LogP) is 5.40. The molecule has 0 radical (unpaired) electrons. The van der Waals surface area contributed by atoms with Crippen LogP contribution in [0.5, 0.6) is 5.75 Å². The predicted molar refractivity (Wildman–Crippen MR) is 110 cm³/mol. The van der Waals surface area contributed by atoms with Crippen LogP contribution in [0.15, 0.2) is 29.3 Å². The summed E-state index contributed by atoms with van der Waals surface area (Å²) in [5.41, 5.74) is 0.948. The van der Waals surface area contributed by atoms with E-state index < -0.39 is 0 Å². The molecule has 1 aromatic carbocycles. The van der Waals surface area contributed by atoms with E-state index in [0.717, 1.165) is 25.0 Å². The van der Waals surface area contributed by atoms with Gasteiger partial charge in [0.2, 0.25) is 0 Å². The van der Waals surface area contributed by atoms with Crippen molar-refractivity contribution in [3.05, 3.63) is 34.9 Å². The molecule has 0 aliphatic carbocycles. The van der Waals surface area contributed by atoms with Gasteiger partial charge in [-0.05, 0) is 30.0 Å². The number of ether oxygens (including phenoxy) is 1. The summed E-state index contributed by atoms with van der Waals surface area (Å²) in [6.45, 7) is 7.41. The van der Waals surface area contributed by atoms with Crippen molar-refractivity contribution in [1.82, 2.24) is 4.90 Å². The zero-order valence-electron chi connectivity index (χ0n) is 16.6. The summed E-state index contributed by atoms with van der Waals surface area (Å²) in [7, 11) is 0. The molecule has 1 aliphatic rings. The minimum absolute atomic E-state index is 0.0156. The fourth-order valence-corrected chi connectivity index (χ4v) is 3.32. The number of hydrogen-bond donors (Lipinski definition) is 0. The number of rotatable bonds is 11. The van der Waals surface area contributed by atoms with E-state index in [0.29, 0.717) is 30.2 Å². The first-order chi connectivity index (χ1) is 13.0. The molecule has 1 aromatic rings. The van der Waals surface area contributed by atoms with Gasteiger partial charge in [-0.15, -0.1) is 0 Å². The smallest absolute Gasteiger partial charge is 0.273 e. The fourth-order valence-electron chi connectivity index (χ4n) is 3.03. The third-order valence-corrected chi connectivity index (χ3v) is 4.92. The highest BCUT2D eigenvalue weighted by Gasteiger charge is 2.37. The van der Waals surface area contributed by atoms with E-state index in [-0.39, 0.29) is 16.8 Å². The van der Waals surface area contributed by atoms with Crippen LogP contribution in [0.25, 0.3) is 5.57 Å². The van der Waals surface area contributed by atoms with Crippen LogP contribution in [0.4, 0.5) is 0 Å². The Morgan fingerprint density at radius 1 is 0.963 bits per heavy atom. The second kappa shape index (κ2) is 10.5. The molecule has 27 heavy (non-hydrogen) atoms. The molecule has 2 amide bonds. The van der Waals surface area contributed by atoms with E-state index in [4.69, 9.17) is 16.3 Å². The van der Waals surface area contributed by atoms with Gasteiger partial charge >= 0.3 is 0 Å². The molecule has 0 atom stereocenters. The van der Waals surface area contributed by atoms with Crippen molar-refractivity contribution in [2.45, 2.75) is 59.3 Å². The van der Waals surface area contributed by atoms with Gasteiger partial charge in [0.25, 0.3) is 11.8 Å². The molecule has 0 saturated heterocycles. The SMILES string of the molecule is CCCCCCCCN1C(=O)C(Cl)=C(c2ccc(OCC(C)C)cc2)C1=O. The molecule has 1 heterocycles. The summed E-state index contributed by atoms with van der Waals surface area (Å²) in [4.78, 5) is 26.4. The Kier molecular flexibility index (Phi) is 8.36. The molecule has 0 bridgehead atoms. The highest BCUT2D eigenvalue weighted by Crippen LogP contribution is 2.32. The van der Waals surface area contributed by atoms with Crippen molar-refractivity contribution in [2.24, 2.45) is 5.92 Å². The number of carbonyl (C=O) groups is 2. The Hall–Kier alpha value is -1.81. The molecule has 5 heteroatoms. The zero-order chi connectivity index (χ0) is 19.8. The van der Waals surface area contributed by atoms with Gasteiger partial charge < -0.3 is 4.74 Å². The van der Waals surface area contributed by atoms with Crippen LogP contribution in [0.3, 0.4) is 0 Å². The minimum atomic E-state index is -0.384. The maximum Gasteiger partial charge on any atom is 0.273 e. The Morgan fingerprint density at radius 2 is 1.59 bits per heavy atom. The van der Waals surface area contributed by atoms with Crippen molar-refractivity contribution in [3.63, 3.8) is 0 Å². The van der Waals surface area contributed by atoms with Crippen LogP contribution in [0.2, 0.25) is 0 Å². The van der Waals surface area contributed by atoms with Crippen LogP contribution in [0, 0.1) is 5.92 Å². The Balaban J connectivity index is 1.96. The van der Waals surface area contributed by atoms with Crippen LogP contribution in [-0.4, -0.2) is 29.9 Å². The van der Waals surface area contributed by atoms with Crippen molar-refractivity contribution in [1.29, 1.82) is 0 Å². The maximum atomic E-state index is 12.7. The second-order valence-corrected chi connectivity index (χ2v) is 7.83. The fraction of sp³-hybridized carbons (Fsp3) is 0.545. The van der Waals surface area contributed by atoms with Crippen LogP contribution in [-0.2, 0) is 9.59 Å². The molecule has 0 unspecified atom stereocenters. The van der Waals surface area contributed by atoms with E-state index in [2.05, 4.69) is 20.8 Å². The number of hydrogen-bond acceptors (Lipinski definition) is 3. The van der Waals surface area contributed by atoms with E-state index in [1.807, 2.05) is 12.1 Å². The van der Waals surface area contributed by atoms with E-state index in [1.54, 1.807) is 12.1 Å². The molecule has 4 nitrogen and oxygen atoms in total. The minimum Gasteiger partial charge on any atom is -0.493 e. The molecular weight excluding hydrogens is 362 g/mol. The van der Waals surface area contributed by atoms with Crippen LogP contribution < -0.4 is 4.74 Å². The molecule has 0 spiro atoms. The van der Waals surface area contributed by atoms with E-state index in [1.165, 1.54) is 24.2 Å². The molecule has 2 rings (SSSR count). The highest BCUT2D eigenvalue weighted by molar-refractivity contribution is 6.55. The molecular formula is C22H30ClNO3. The summed E-state index contributed by atoms with van der Waals surface area (Å²) in [6.07, 6.45) is 6.61. The highest BCUT2D eigenvalue weighted by atomic mass is 35.5. The van der Waals surface area contributed by atoms with Gasteiger partial charge in [-0.2, -0.15) is 0 Å². The third kappa shape index (κ3) is 5.83. The quantitative estimate of drug-likeness (QED) is 0.374.